The Bertz CT molecular complexity index is 169. The summed E-state index contributed by atoms with van der Waals surface area (Å²) in [6.07, 6.45) is 2.21. The van der Waals surface area contributed by atoms with Gasteiger partial charge in [0.05, 0.1) is 7.11 Å². The molecule has 0 aromatic rings. The second-order valence-electron chi connectivity index (χ2n) is 4.10. The van der Waals surface area contributed by atoms with Crippen molar-refractivity contribution in [2.24, 2.45) is 5.92 Å². The van der Waals surface area contributed by atoms with Gasteiger partial charge in [-0.2, -0.15) is 0 Å². The van der Waals surface area contributed by atoms with Crippen LogP contribution in [0.25, 0.3) is 0 Å². The Hall–Kier alpha value is -0.570. The number of ether oxygens (including phenoxy) is 1. The Balaban J connectivity index is 4.16. The van der Waals surface area contributed by atoms with E-state index < -0.39 is 0 Å². The number of nitrogens with one attached hydrogen (secondary N) is 1. The highest BCUT2D eigenvalue weighted by atomic mass is 16.5. The topological polar surface area (TPSA) is 38.3 Å². The minimum Gasteiger partial charge on any atom is -0.468 e. The van der Waals surface area contributed by atoms with Crippen molar-refractivity contribution in [2.45, 2.75) is 52.6 Å². The van der Waals surface area contributed by atoms with Crippen LogP contribution in [0, 0.1) is 5.92 Å². The Morgan fingerprint density at radius 1 is 1.36 bits per heavy atom. The Morgan fingerprint density at radius 3 is 2.29 bits per heavy atom. The molecule has 0 rings (SSSR count). The maximum Gasteiger partial charge on any atom is 0.323 e. The molecule has 0 aromatic heterocycles. The highest BCUT2D eigenvalue weighted by Crippen LogP contribution is 2.06. The lowest BCUT2D eigenvalue weighted by Crippen LogP contribution is -2.46. The van der Waals surface area contributed by atoms with Gasteiger partial charge >= 0.3 is 5.97 Å². The van der Waals surface area contributed by atoms with E-state index in [9.17, 15) is 4.79 Å². The van der Waals surface area contributed by atoms with Gasteiger partial charge in [0, 0.05) is 6.04 Å². The zero-order valence-corrected chi connectivity index (χ0v) is 9.96. The number of methoxy groups -OCH3 is 1. The molecule has 0 bridgehead atoms. The molecule has 14 heavy (non-hydrogen) atoms. The molecule has 84 valence electrons. The second kappa shape index (κ2) is 6.82. The molecule has 1 unspecified atom stereocenters. The summed E-state index contributed by atoms with van der Waals surface area (Å²) >= 11 is 0. The summed E-state index contributed by atoms with van der Waals surface area (Å²) in [5.41, 5.74) is 0. The van der Waals surface area contributed by atoms with Gasteiger partial charge in [-0.1, -0.05) is 27.2 Å². The van der Waals surface area contributed by atoms with Crippen molar-refractivity contribution in [1.29, 1.82) is 0 Å². The summed E-state index contributed by atoms with van der Waals surface area (Å²) in [5.74, 6) is 0.102. The number of esters is 1. The summed E-state index contributed by atoms with van der Waals surface area (Å²) in [5, 5.41) is 3.29. The summed E-state index contributed by atoms with van der Waals surface area (Å²) in [6.45, 7) is 8.28. The van der Waals surface area contributed by atoms with Crippen molar-refractivity contribution in [3.8, 4) is 0 Å². The molecule has 0 saturated carbocycles. The molecule has 0 aromatic carbocycles. The first-order valence-corrected chi connectivity index (χ1v) is 5.36. The lowest BCUT2D eigenvalue weighted by molar-refractivity contribution is -0.144. The predicted octanol–water partition coefficient (Wildman–Crippen LogP) is 1.96. The zero-order valence-electron chi connectivity index (χ0n) is 9.96. The first kappa shape index (κ1) is 13.4. The van der Waals surface area contributed by atoms with Gasteiger partial charge in [-0.3, -0.25) is 4.79 Å². The van der Waals surface area contributed by atoms with Gasteiger partial charge in [0.1, 0.15) is 6.04 Å². The fourth-order valence-electron chi connectivity index (χ4n) is 1.48. The molecule has 0 spiro atoms. The number of carbonyl (C=O) groups is 1. The van der Waals surface area contributed by atoms with Crippen molar-refractivity contribution in [1.82, 2.24) is 5.32 Å². The predicted molar refractivity (Wildman–Crippen MR) is 58.1 cm³/mol. The smallest absolute Gasteiger partial charge is 0.323 e. The molecule has 0 aliphatic heterocycles. The second-order valence-corrected chi connectivity index (χ2v) is 4.10. The molecular weight excluding hydrogens is 178 g/mol. The van der Waals surface area contributed by atoms with Gasteiger partial charge in [-0.25, -0.2) is 0 Å². The minimum absolute atomic E-state index is 0.164. The molecule has 3 heteroatoms. The van der Waals surface area contributed by atoms with Crippen LogP contribution in [0.4, 0.5) is 0 Å². The van der Waals surface area contributed by atoms with E-state index >= 15 is 0 Å². The monoisotopic (exact) mass is 201 g/mol. The first-order valence-electron chi connectivity index (χ1n) is 5.36. The van der Waals surface area contributed by atoms with Crippen LogP contribution in [0.3, 0.4) is 0 Å². The minimum atomic E-state index is -0.179. The molecule has 0 amide bonds. The largest absolute Gasteiger partial charge is 0.468 e. The van der Waals surface area contributed by atoms with Gasteiger partial charge in [0.15, 0.2) is 0 Å². The van der Waals surface area contributed by atoms with Crippen LogP contribution in [0.5, 0.6) is 0 Å². The third-order valence-corrected chi connectivity index (χ3v) is 2.31. The Kier molecular flexibility index (Phi) is 6.54. The van der Waals surface area contributed by atoms with E-state index in [0.717, 1.165) is 12.8 Å². The molecule has 0 radical (unpaired) electrons. The summed E-state index contributed by atoms with van der Waals surface area (Å²) in [6, 6.07) is 0.188. The third-order valence-electron chi connectivity index (χ3n) is 2.31. The van der Waals surface area contributed by atoms with Gasteiger partial charge in [-0.15, -0.1) is 0 Å². The maximum atomic E-state index is 11.4. The number of hydrogen-bond donors (Lipinski definition) is 1. The molecule has 1 N–H and O–H groups in total. The number of hydrogen-bond acceptors (Lipinski definition) is 3. The van der Waals surface area contributed by atoms with Crippen LogP contribution in [-0.4, -0.2) is 25.2 Å². The van der Waals surface area contributed by atoms with E-state index in [1.54, 1.807) is 0 Å². The zero-order chi connectivity index (χ0) is 11.1. The molecule has 0 aliphatic carbocycles. The van der Waals surface area contributed by atoms with Crippen molar-refractivity contribution >= 4 is 5.97 Å². The van der Waals surface area contributed by atoms with E-state index in [1.165, 1.54) is 7.11 Å². The standard InChI is InChI=1S/C11H23NO2/c1-6-7-9(4)12-10(8(2)3)11(13)14-5/h8-10,12H,6-7H2,1-5H3/t9?,10-/m0/s1. The van der Waals surface area contributed by atoms with Crippen LogP contribution < -0.4 is 5.32 Å². The van der Waals surface area contributed by atoms with Crippen LogP contribution in [-0.2, 0) is 9.53 Å². The molecule has 0 fully saturated rings. The van der Waals surface area contributed by atoms with E-state index in [4.69, 9.17) is 4.74 Å². The lowest BCUT2D eigenvalue weighted by Gasteiger charge is -2.23. The van der Waals surface area contributed by atoms with Crippen LogP contribution in [0.15, 0.2) is 0 Å². The van der Waals surface area contributed by atoms with Crippen LogP contribution >= 0.6 is 0 Å². The van der Waals surface area contributed by atoms with Gasteiger partial charge in [0.2, 0.25) is 0 Å². The van der Waals surface area contributed by atoms with E-state index in [1.807, 2.05) is 13.8 Å². The summed E-state index contributed by atoms with van der Waals surface area (Å²) in [7, 11) is 1.43. The summed E-state index contributed by atoms with van der Waals surface area (Å²) in [4.78, 5) is 11.4. The number of rotatable bonds is 6. The number of carbonyl (C=O) groups excluding carboxylic acids is 1. The van der Waals surface area contributed by atoms with Crippen molar-refractivity contribution in [3.63, 3.8) is 0 Å². The van der Waals surface area contributed by atoms with Crippen molar-refractivity contribution in [3.05, 3.63) is 0 Å². The Morgan fingerprint density at radius 2 is 1.93 bits per heavy atom. The fourth-order valence-corrected chi connectivity index (χ4v) is 1.48. The van der Waals surface area contributed by atoms with E-state index in [-0.39, 0.29) is 17.9 Å². The third kappa shape index (κ3) is 4.61. The summed E-state index contributed by atoms with van der Waals surface area (Å²) < 4.78 is 4.75. The highest BCUT2D eigenvalue weighted by molar-refractivity contribution is 5.75. The average Bonchev–Trinajstić information content (AvgIpc) is 2.13. The van der Waals surface area contributed by atoms with Gasteiger partial charge in [-0.05, 0) is 19.3 Å². The highest BCUT2D eigenvalue weighted by Gasteiger charge is 2.23. The average molecular weight is 201 g/mol. The van der Waals surface area contributed by atoms with Crippen LogP contribution in [0.1, 0.15) is 40.5 Å². The Labute approximate surface area is 87.2 Å². The van der Waals surface area contributed by atoms with Gasteiger partial charge < -0.3 is 10.1 Å². The van der Waals surface area contributed by atoms with Crippen LogP contribution in [0.2, 0.25) is 0 Å². The molecule has 3 nitrogen and oxygen atoms in total. The molecular formula is C11H23NO2. The first-order chi connectivity index (χ1) is 6.52. The molecule has 0 heterocycles. The fraction of sp³-hybridized carbons (Fsp3) is 0.909. The maximum absolute atomic E-state index is 11.4. The van der Waals surface area contributed by atoms with E-state index in [2.05, 4.69) is 19.2 Å². The lowest BCUT2D eigenvalue weighted by atomic mass is 10.0. The SMILES string of the molecule is CCCC(C)N[C@H](C(=O)OC)C(C)C. The normalized spacial score (nSPS) is 15.3. The molecule has 0 saturated heterocycles. The van der Waals surface area contributed by atoms with Crippen molar-refractivity contribution < 1.29 is 9.53 Å². The van der Waals surface area contributed by atoms with Crippen molar-refractivity contribution in [2.75, 3.05) is 7.11 Å². The van der Waals surface area contributed by atoms with E-state index in [0.29, 0.717) is 6.04 Å². The molecule has 2 atom stereocenters. The van der Waals surface area contributed by atoms with Gasteiger partial charge in [0.25, 0.3) is 0 Å². The molecule has 0 aliphatic rings. The quantitative estimate of drug-likeness (QED) is 0.668.